The minimum atomic E-state index is -0.708. The van der Waals surface area contributed by atoms with Gasteiger partial charge in [-0.2, -0.15) is 0 Å². The molecule has 0 aliphatic carbocycles. The van der Waals surface area contributed by atoms with Crippen LogP contribution in [0.2, 0.25) is 0 Å². The molecule has 0 aliphatic heterocycles. The van der Waals surface area contributed by atoms with Gasteiger partial charge in [-0.1, -0.05) is 6.07 Å². The lowest BCUT2D eigenvalue weighted by atomic mass is 10.1. The van der Waals surface area contributed by atoms with Crippen molar-refractivity contribution in [2.24, 2.45) is 0 Å². The van der Waals surface area contributed by atoms with E-state index < -0.39 is 11.9 Å². The highest BCUT2D eigenvalue weighted by Gasteiger charge is 2.28. The number of carbonyl (C=O) groups excluding carboxylic acids is 3. The Balaban J connectivity index is 2.43. The predicted octanol–water partition coefficient (Wildman–Crippen LogP) is 3.84. The van der Waals surface area contributed by atoms with Gasteiger partial charge in [0, 0.05) is 5.56 Å². The molecule has 1 N–H and O–H groups in total. The average molecular weight is 343 g/mol. The second-order valence-corrected chi connectivity index (χ2v) is 5.77. The van der Waals surface area contributed by atoms with E-state index in [0.29, 0.717) is 5.56 Å². The number of amides is 1. The van der Waals surface area contributed by atoms with Crippen molar-refractivity contribution in [2.75, 3.05) is 11.9 Å². The highest BCUT2D eigenvalue weighted by Crippen LogP contribution is 2.29. The van der Waals surface area contributed by atoms with E-state index in [0.717, 1.165) is 11.1 Å². The molecule has 0 atom stereocenters. The van der Waals surface area contributed by atoms with Crippen molar-refractivity contribution in [3.63, 3.8) is 0 Å². The number of ketones is 1. The number of furan rings is 1. The Bertz CT molecular complexity index is 848. The Morgan fingerprint density at radius 2 is 1.76 bits per heavy atom. The number of ether oxygens (including phenoxy) is 1. The summed E-state index contributed by atoms with van der Waals surface area (Å²) in [5.41, 5.74) is 2.53. The Labute approximate surface area is 146 Å². The Hall–Kier alpha value is -2.89. The third-order valence-electron chi connectivity index (χ3n) is 3.91. The normalized spacial score (nSPS) is 10.4. The number of anilines is 1. The maximum absolute atomic E-state index is 12.5. The summed E-state index contributed by atoms with van der Waals surface area (Å²) in [6.07, 6.45) is 0. The minimum Gasteiger partial charge on any atom is -0.462 e. The van der Waals surface area contributed by atoms with Crippen molar-refractivity contribution in [3.05, 3.63) is 51.8 Å². The van der Waals surface area contributed by atoms with E-state index in [9.17, 15) is 14.4 Å². The molecule has 0 saturated heterocycles. The lowest BCUT2D eigenvalue weighted by Gasteiger charge is -2.07. The molecular formula is C19H21NO5. The van der Waals surface area contributed by atoms with Gasteiger partial charge in [0.25, 0.3) is 5.91 Å². The van der Waals surface area contributed by atoms with E-state index in [1.54, 1.807) is 26.0 Å². The van der Waals surface area contributed by atoms with Gasteiger partial charge in [0.15, 0.2) is 5.78 Å². The molecule has 0 aliphatic rings. The summed E-state index contributed by atoms with van der Waals surface area (Å²) in [7, 11) is 0. The largest absolute Gasteiger partial charge is 0.462 e. The van der Waals surface area contributed by atoms with E-state index in [2.05, 4.69) is 5.32 Å². The first-order valence-corrected chi connectivity index (χ1v) is 7.96. The summed E-state index contributed by atoms with van der Waals surface area (Å²) in [4.78, 5) is 36.6. The van der Waals surface area contributed by atoms with Crippen LogP contribution in [-0.2, 0) is 4.74 Å². The van der Waals surface area contributed by atoms with Crippen LogP contribution < -0.4 is 5.32 Å². The van der Waals surface area contributed by atoms with Gasteiger partial charge in [0.05, 0.1) is 12.2 Å². The zero-order chi connectivity index (χ0) is 18.7. The number of Topliss-reactive ketones (excluding diaryl/α,β-unsaturated/α-hetero) is 1. The molecule has 0 saturated carbocycles. The van der Waals surface area contributed by atoms with E-state index in [-0.39, 0.29) is 35.2 Å². The summed E-state index contributed by atoms with van der Waals surface area (Å²) < 4.78 is 10.5. The molecule has 1 aromatic carbocycles. The molecule has 1 heterocycles. The van der Waals surface area contributed by atoms with Crippen LogP contribution in [0.5, 0.6) is 0 Å². The molecule has 2 aromatic rings. The summed E-state index contributed by atoms with van der Waals surface area (Å²) in [5, 5.41) is 2.57. The molecule has 132 valence electrons. The second-order valence-electron chi connectivity index (χ2n) is 5.77. The second kappa shape index (κ2) is 7.34. The molecule has 1 aromatic heterocycles. The van der Waals surface area contributed by atoms with Crippen molar-refractivity contribution in [1.29, 1.82) is 0 Å². The maximum Gasteiger partial charge on any atom is 0.344 e. The number of hydrogen-bond acceptors (Lipinski definition) is 5. The lowest BCUT2D eigenvalue weighted by molar-refractivity contribution is 0.0524. The van der Waals surface area contributed by atoms with Crippen LogP contribution in [0.4, 0.5) is 5.88 Å². The molecule has 1 amide bonds. The van der Waals surface area contributed by atoms with Gasteiger partial charge in [-0.15, -0.1) is 0 Å². The number of hydrogen-bond donors (Lipinski definition) is 1. The van der Waals surface area contributed by atoms with Gasteiger partial charge < -0.3 is 9.15 Å². The summed E-state index contributed by atoms with van der Waals surface area (Å²) >= 11 is 0. The van der Waals surface area contributed by atoms with Crippen LogP contribution in [-0.4, -0.2) is 24.3 Å². The van der Waals surface area contributed by atoms with Gasteiger partial charge in [-0.25, -0.2) is 4.79 Å². The van der Waals surface area contributed by atoms with Gasteiger partial charge in [-0.3, -0.25) is 14.9 Å². The van der Waals surface area contributed by atoms with Crippen molar-refractivity contribution in [2.45, 2.75) is 34.6 Å². The quantitative estimate of drug-likeness (QED) is 0.658. The Morgan fingerprint density at radius 1 is 1.08 bits per heavy atom. The molecule has 0 fully saturated rings. The van der Waals surface area contributed by atoms with Crippen molar-refractivity contribution in [3.8, 4) is 0 Å². The van der Waals surface area contributed by atoms with E-state index in [1.807, 2.05) is 19.9 Å². The average Bonchev–Trinajstić information content (AvgIpc) is 2.86. The van der Waals surface area contributed by atoms with Crippen LogP contribution in [0, 0.1) is 20.8 Å². The zero-order valence-electron chi connectivity index (χ0n) is 15.0. The van der Waals surface area contributed by atoms with Gasteiger partial charge in [-0.05, 0) is 57.9 Å². The lowest BCUT2D eigenvalue weighted by Crippen LogP contribution is -2.16. The Kier molecular flexibility index (Phi) is 5.41. The summed E-state index contributed by atoms with van der Waals surface area (Å²) in [6, 6.07) is 5.27. The van der Waals surface area contributed by atoms with Gasteiger partial charge in [0.2, 0.25) is 5.88 Å². The molecule has 6 heteroatoms. The van der Waals surface area contributed by atoms with E-state index in [1.165, 1.54) is 6.92 Å². The van der Waals surface area contributed by atoms with Crippen LogP contribution in [0.3, 0.4) is 0 Å². The van der Waals surface area contributed by atoms with Crippen LogP contribution in [0.15, 0.2) is 22.6 Å². The zero-order valence-corrected chi connectivity index (χ0v) is 15.0. The van der Waals surface area contributed by atoms with Crippen molar-refractivity contribution < 1.29 is 23.5 Å². The number of aryl methyl sites for hydroxylation is 3. The van der Waals surface area contributed by atoms with E-state index in [4.69, 9.17) is 9.15 Å². The van der Waals surface area contributed by atoms with Gasteiger partial charge in [0.1, 0.15) is 11.3 Å². The molecule has 0 unspecified atom stereocenters. The standard InChI is InChI=1S/C19H21NO5/c1-6-24-19(23)16-15(12(4)21)13(5)25-18(16)20-17(22)14-8-7-10(2)11(3)9-14/h7-9H,6H2,1-5H3,(H,20,22). The number of benzene rings is 1. The van der Waals surface area contributed by atoms with Gasteiger partial charge >= 0.3 is 5.97 Å². The molecular weight excluding hydrogens is 322 g/mol. The van der Waals surface area contributed by atoms with Crippen LogP contribution in [0.1, 0.15) is 61.8 Å². The molecule has 6 nitrogen and oxygen atoms in total. The SMILES string of the molecule is CCOC(=O)c1c(NC(=O)c2ccc(C)c(C)c2)oc(C)c1C(C)=O. The molecule has 0 radical (unpaired) electrons. The first kappa shape index (κ1) is 18.4. The van der Waals surface area contributed by atoms with E-state index >= 15 is 0 Å². The van der Waals surface area contributed by atoms with Crippen molar-refractivity contribution >= 4 is 23.5 Å². The number of rotatable bonds is 5. The van der Waals surface area contributed by atoms with Crippen LogP contribution in [0.25, 0.3) is 0 Å². The number of nitrogens with one attached hydrogen (secondary N) is 1. The highest BCUT2D eigenvalue weighted by molar-refractivity contribution is 6.12. The predicted molar refractivity (Wildman–Crippen MR) is 93.3 cm³/mol. The number of esters is 1. The molecule has 0 spiro atoms. The van der Waals surface area contributed by atoms with Crippen molar-refractivity contribution in [1.82, 2.24) is 0 Å². The fourth-order valence-corrected chi connectivity index (χ4v) is 2.51. The summed E-state index contributed by atoms with van der Waals surface area (Å²) in [5.74, 6) is -1.30. The third-order valence-corrected chi connectivity index (χ3v) is 3.91. The third kappa shape index (κ3) is 3.79. The first-order chi connectivity index (χ1) is 11.8. The Morgan fingerprint density at radius 3 is 2.32 bits per heavy atom. The minimum absolute atomic E-state index is 0.0518. The number of carbonyl (C=O) groups is 3. The topological polar surface area (TPSA) is 85.6 Å². The fourth-order valence-electron chi connectivity index (χ4n) is 2.51. The molecule has 0 bridgehead atoms. The molecule has 2 rings (SSSR count). The fraction of sp³-hybridized carbons (Fsp3) is 0.316. The maximum atomic E-state index is 12.5. The molecule has 25 heavy (non-hydrogen) atoms. The smallest absolute Gasteiger partial charge is 0.344 e. The highest BCUT2D eigenvalue weighted by atomic mass is 16.5. The summed E-state index contributed by atoms with van der Waals surface area (Å²) in [6.45, 7) is 8.54. The van der Waals surface area contributed by atoms with Crippen LogP contribution >= 0.6 is 0 Å². The first-order valence-electron chi connectivity index (χ1n) is 7.96. The monoisotopic (exact) mass is 343 g/mol.